The van der Waals surface area contributed by atoms with E-state index in [-0.39, 0.29) is 17.5 Å². The van der Waals surface area contributed by atoms with Crippen LogP contribution >= 0.6 is 0 Å². The molecule has 1 saturated heterocycles. The maximum absolute atomic E-state index is 12.0. The van der Waals surface area contributed by atoms with Crippen LogP contribution in [0.25, 0.3) is 0 Å². The normalized spacial score (nSPS) is 27.7. The molecule has 2 unspecified atom stereocenters. The molecule has 1 heterocycles. The fraction of sp³-hybridized carbons (Fsp3) is 0.917. The van der Waals surface area contributed by atoms with Gasteiger partial charge in [-0.1, -0.05) is 20.3 Å². The summed E-state index contributed by atoms with van der Waals surface area (Å²) < 4.78 is 5.49. The summed E-state index contributed by atoms with van der Waals surface area (Å²) in [5.41, 5.74) is -0.248. The van der Waals surface area contributed by atoms with Gasteiger partial charge in [0.15, 0.2) is 0 Å². The topological polar surface area (TPSA) is 38.3 Å². The number of hydrogen-bond donors (Lipinski definition) is 1. The van der Waals surface area contributed by atoms with Crippen LogP contribution in [0.4, 0.5) is 0 Å². The van der Waals surface area contributed by atoms with E-state index in [9.17, 15) is 4.79 Å². The monoisotopic (exact) mass is 213 g/mol. The minimum atomic E-state index is -0.248. The maximum Gasteiger partial charge on any atom is 0.313 e. The molecule has 3 nitrogen and oxygen atoms in total. The molecule has 88 valence electrons. The summed E-state index contributed by atoms with van der Waals surface area (Å²) in [6, 6.07) is 0. The van der Waals surface area contributed by atoms with Crippen molar-refractivity contribution in [2.75, 3.05) is 13.1 Å². The van der Waals surface area contributed by atoms with E-state index in [4.69, 9.17) is 4.74 Å². The summed E-state index contributed by atoms with van der Waals surface area (Å²) in [5.74, 6) is -0.00375. The standard InChI is InChI=1S/C12H23NO2/c1-4-6-10(3)15-11(14)12(5-2)7-8-13-9-12/h10,13H,4-9H2,1-3H3. The van der Waals surface area contributed by atoms with Crippen molar-refractivity contribution >= 4 is 5.97 Å². The third-order valence-corrected chi connectivity index (χ3v) is 3.36. The molecule has 1 fully saturated rings. The Morgan fingerprint density at radius 3 is 2.73 bits per heavy atom. The van der Waals surface area contributed by atoms with E-state index in [1.54, 1.807) is 0 Å². The average Bonchev–Trinajstić information content (AvgIpc) is 2.67. The minimum absolute atomic E-state index is 0.00375. The van der Waals surface area contributed by atoms with Crippen LogP contribution in [0.5, 0.6) is 0 Å². The van der Waals surface area contributed by atoms with Crippen LogP contribution in [0.15, 0.2) is 0 Å². The summed E-state index contributed by atoms with van der Waals surface area (Å²) >= 11 is 0. The summed E-state index contributed by atoms with van der Waals surface area (Å²) in [4.78, 5) is 12.0. The number of carbonyl (C=O) groups excluding carboxylic acids is 1. The Morgan fingerprint density at radius 2 is 2.27 bits per heavy atom. The van der Waals surface area contributed by atoms with E-state index < -0.39 is 0 Å². The molecule has 0 aromatic heterocycles. The van der Waals surface area contributed by atoms with Crippen molar-refractivity contribution < 1.29 is 9.53 Å². The van der Waals surface area contributed by atoms with Gasteiger partial charge in [-0.05, 0) is 32.7 Å². The molecule has 1 N–H and O–H groups in total. The predicted octanol–water partition coefficient (Wildman–Crippen LogP) is 2.11. The third-order valence-electron chi connectivity index (χ3n) is 3.36. The number of carbonyl (C=O) groups is 1. The number of nitrogens with one attached hydrogen (secondary N) is 1. The fourth-order valence-electron chi connectivity index (χ4n) is 2.14. The van der Waals surface area contributed by atoms with Gasteiger partial charge in [0.2, 0.25) is 0 Å². The van der Waals surface area contributed by atoms with Crippen LogP contribution in [-0.2, 0) is 9.53 Å². The minimum Gasteiger partial charge on any atom is -0.462 e. The molecule has 15 heavy (non-hydrogen) atoms. The van der Waals surface area contributed by atoms with Gasteiger partial charge in [0, 0.05) is 6.54 Å². The molecule has 1 aliphatic heterocycles. The number of ether oxygens (including phenoxy) is 1. The zero-order valence-corrected chi connectivity index (χ0v) is 10.1. The van der Waals surface area contributed by atoms with Crippen molar-refractivity contribution in [1.82, 2.24) is 5.32 Å². The first-order chi connectivity index (χ1) is 7.14. The zero-order valence-electron chi connectivity index (χ0n) is 10.1. The number of rotatable bonds is 5. The van der Waals surface area contributed by atoms with Crippen LogP contribution < -0.4 is 5.32 Å². The van der Waals surface area contributed by atoms with Crippen molar-refractivity contribution in [2.45, 2.75) is 52.6 Å². The van der Waals surface area contributed by atoms with Crippen LogP contribution in [-0.4, -0.2) is 25.2 Å². The molecule has 2 atom stereocenters. The SMILES string of the molecule is CCCC(C)OC(=O)C1(CC)CCNC1. The highest BCUT2D eigenvalue weighted by molar-refractivity contribution is 5.77. The summed E-state index contributed by atoms with van der Waals surface area (Å²) in [7, 11) is 0. The van der Waals surface area contributed by atoms with Gasteiger partial charge in [-0.25, -0.2) is 0 Å². The molecular formula is C12H23NO2. The Balaban J connectivity index is 2.50. The first-order valence-corrected chi connectivity index (χ1v) is 6.06. The molecule has 1 aliphatic rings. The molecule has 0 spiro atoms. The Bertz CT molecular complexity index is 210. The Hall–Kier alpha value is -0.570. The zero-order chi connectivity index (χ0) is 11.3. The van der Waals surface area contributed by atoms with Gasteiger partial charge in [-0.15, -0.1) is 0 Å². The van der Waals surface area contributed by atoms with E-state index in [0.29, 0.717) is 0 Å². The Kier molecular flexibility index (Phi) is 4.58. The van der Waals surface area contributed by atoms with Crippen LogP contribution in [0, 0.1) is 5.41 Å². The van der Waals surface area contributed by atoms with Crippen LogP contribution in [0.2, 0.25) is 0 Å². The highest BCUT2D eigenvalue weighted by Crippen LogP contribution is 2.31. The van der Waals surface area contributed by atoms with E-state index in [1.165, 1.54) is 0 Å². The average molecular weight is 213 g/mol. The molecule has 0 aromatic carbocycles. The fourth-order valence-corrected chi connectivity index (χ4v) is 2.14. The van der Waals surface area contributed by atoms with Crippen molar-refractivity contribution in [3.8, 4) is 0 Å². The predicted molar refractivity (Wildman–Crippen MR) is 60.7 cm³/mol. The molecule has 0 amide bonds. The van der Waals surface area contributed by atoms with E-state index in [2.05, 4.69) is 19.2 Å². The second-order valence-corrected chi connectivity index (χ2v) is 4.57. The molecule has 0 saturated carbocycles. The van der Waals surface area contributed by atoms with Gasteiger partial charge in [0.05, 0.1) is 11.5 Å². The molecule has 3 heteroatoms. The first-order valence-electron chi connectivity index (χ1n) is 6.06. The largest absolute Gasteiger partial charge is 0.462 e. The Labute approximate surface area is 92.6 Å². The van der Waals surface area contributed by atoms with Crippen molar-refractivity contribution in [3.63, 3.8) is 0 Å². The Morgan fingerprint density at radius 1 is 1.53 bits per heavy atom. The van der Waals surface area contributed by atoms with Gasteiger partial charge >= 0.3 is 5.97 Å². The maximum atomic E-state index is 12.0. The third kappa shape index (κ3) is 2.94. The van der Waals surface area contributed by atoms with E-state index >= 15 is 0 Å². The van der Waals surface area contributed by atoms with Crippen molar-refractivity contribution in [3.05, 3.63) is 0 Å². The van der Waals surface area contributed by atoms with Crippen molar-refractivity contribution in [2.24, 2.45) is 5.41 Å². The molecular weight excluding hydrogens is 190 g/mol. The van der Waals surface area contributed by atoms with Crippen molar-refractivity contribution in [1.29, 1.82) is 0 Å². The summed E-state index contributed by atoms with van der Waals surface area (Å²) in [6.45, 7) is 7.87. The van der Waals surface area contributed by atoms with Crippen LogP contribution in [0.1, 0.15) is 46.5 Å². The lowest BCUT2D eigenvalue weighted by molar-refractivity contribution is -0.160. The summed E-state index contributed by atoms with van der Waals surface area (Å²) in [6.07, 6.45) is 3.87. The number of hydrogen-bond acceptors (Lipinski definition) is 3. The van der Waals surface area contributed by atoms with Crippen LogP contribution in [0.3, 0.4) is 0 Å². The van der Waals surface area contributed by atoms with Gasteiger partial charge in [0.1, 0.15) is 0 Å². The summed E-state index contributed by atoms with van der Waals surface area (Å²) in [5, 5.41) is 3.25. The lowest BCUT2D eigenvalue weighted by Crippen LogP contribution is -2.36. The second-order valence-electron chi connectivity index (χ2n) is 4.57. The highest BCUT2D eigenvalue weighted by Gasteiger charge is 2.41. The molecule has 1 rings (SSSR count). The number of esters is 1. The molecule has 0 radical (unpaired) electrons. The smallest absolute Gasteiger partial charge is 0.313 e. The lowest BCUT2D eigenvalue weighted by atomic mass is 9.84. The molecule has 0 aliphatic carbocycles. The highest BCUT2D eigenvalue weighted by atomic mass is 16.5. The lowest BCUT2D eigenvalue weighted by Gasteiger charge is -2.26. The van der Waals surface area contributed by atoms with Gasteiger partial charge in [-0.3, -0.25) is 4.79 Å². The first kappa shape index (κ1) is 12.5. The van der Waals surface area contributed by atoms with Gasteiger partial charge < -0.3 is 10.1 Å². The van der Waals surface area contributed by atoms with Gasteiger partial charge in [0.25, 0.3) is 0 Å². The second kappa shape index (κ2) is 5.50. The van der Waals surface area contributed by atoms with E-state index in [0.717, 1.165) is 38.8 Å². The van der Waals surface area contributed by atoms with Gasteiger partial charge in [-0.2, -0.15) is 0 Å². The molecule has 0 aromatic rings. The van der Waals surface area contributed by atoms with E-state index in [1.807, 2.05) is 6.92 Å². The molecule has 0 bridgehead atoms. The quantitative estimate of drug-likeness (QED) is 0.711.